The van der Waals surface area contributed by atoms with Crippen LogP contribution >= 0.6 is 0 Å². The molecule has 1 fully saturated rings. The zero-order valence-electron chi connectivity index (χ0n) is 19.1. The average molecular weight is 448 g/mol. The predicted octanol–water partition coefficient (Wildman–Crippen LogP) is 5.23. The molecule has 2 heterocycles. The maximum Gasteiger partial charge on any atom is 0.259 e. The van der Waals surface area contributed by atoms with Crippen molar-refractivity contribution in [3.63, 3.8) is 0 Å². The molecule has 6 heteroatoms. The van der Waals surface area contributed by atoms with Gasteiger partial charge in [-0.1, -0.05) is 44.2 Å². The fraction of sp³-hybridized carbons (Fsp3) is 0.333. The molecule has 0 spiro atoms. The van der Waals surface area contributed by atoms with Crippen LogP contribution in [-0.4, -0.2) is 34.5 Å². The molecule has 0 aliphatic carbocycles. The van der Waals surface area contributed by atoms with E-state index in [1.165, 1.54) is 5.56 Å². The normalized spacial score (nSPS) is 18.4. The van der Waals surface area contributed by atoms with Crippen LogP contribution in [0.1, 0.15) is 43.0 Å². The Bertz CT molecular complexity index is 1070. The van der Waals surface area contributed by atoms with Gasteiger partial charge in [0.15, 0.2) is 0 Å². The highest BCUT2D eigenvalue weighted by Gasteiger charge is 2.44. The number of benzene rings is 2. The fourth-order valence-electron chi connectivity index (χ4n) is 4.02. The second-order valence-corrected chi connectivity index (χ2v) is 8.90. The van der Waals surface area contributed by atoms with E-state index in [-0.39, 0.29) is 19.5 Å². The Morgan fingerprint density at radius 2 is 1.94 bits per heavy atom. The summed E-state index contributed by atoms with van der Waals surface area (Å²) < 4.78 is 21.3. The molecule has 33 heavy (non-hydrogen) atoms. The summed E-state index contributed by atoms with van der Waals surface area (Å²) in [5.41, 5.74) is 1.11. The summed E-state index contributed by atoms with van der Waals surface area (Å²) in [5, 5.41) is 2.69. The summed E-state index contributed by atoms with van der Waals surface area (Å²) in [6.07, 6.45) is 1.84. The number of carbonyl (C=O) groups excluding carboxylic acids is 1. The number of hydrogen-bond acceptors (Lipinski definition) is 4. The molecule has 1 N–H and O–H groups in total. The molecule has 1 amide bonds. The third-order valence-electron chi connectivity index (χ3n) is 5.95. The van der Waals surface area contributed by atoms with Crippen molar-refractivity contribution in [1.29, 1.82) is 0 Å². The van der Waals surface area contributed by atoms with Gasteiger partial charge in [0.2, 0.25) is 5.67 Å². The van der Waals surface area contributed by atoms with Crippen molar-refractivity contribution < 1.29 is 13.9 Å². The van der Waals surface area contributed by atoms with Crippen LogP contribution in [0.25, 0.3) is 0 Å². The Balaban J connectivity index is 1.32. The minimum atomic E-state index is -1.89. The first-order chi connectivity index (χ1) is 15.9. The van der Waals surface area contributed by atoms with Crippen molar-refractivity contribution in [2.24, 2.45) is 0 Å². The van der Waals surface area contributed by atoms with Crippen LogP contribution in [0.4, 0.5) is 4.39 Å². The molecule has 0 saturated carbocycles. The second-order valence-electron chi connectivity index (χ2n) is 8.90. The number of halogens is 1. The number of nitrogens with zero attached hydrogens (tertiary/aromatic N) is 2. The maximum atomic E-state index is 15.3. The quantitative estimate of drug-likeness (QED) is 0.514. The summed E-state index contributed by atoms with van der Waals surface area (Å²) >= 11 is 0. The fourth-order valence-corrected chi connectivity index (χ4v) is 4.02. The number of amides is 1. The van der Waals surface area contributed by atoms with E-state index in [9.17, 15) is 4.79 Å². The molecule has 1 aliphatic heterocycles. The molecule has 4 rings (SSSR count). The zero-order valence-corrected chi connectivity index (χ0v) is 19.1. The van der Waals surface area contributed by atoms with E-state index >= 15 is 4.39 Å². The summed E-state index contributed by atoms with van der Waals surface area (Å²) in [5.74, 6) is 1.42. The monoisotopic (exact) mass is 447 g/mol. The highest BCUT2D eigenvalue weighted by molar-refractivity contribution is 5.85. The van der Waals surface area contributed by atoms with Gasteiger partial charge in [0.25, 0.3) is 5.91 Å². The van der Waals surface area contributed by atoms with E-state index in [1.54, 1.807) is 18.3 Å². The number of hydrogen-bond donors (Lipinski definition) is 1. The van der Waals surface area contributed by atoms with E-state index in [1.807, 2.05) is 47.4 Å². The third kappa shape index (κ3) is 5.96. The van der Waals surface area contributed by atoms with Gasteiger partial charge in [-0.2, -0.15) is 0 Å². The molecule has 1 aliphatic rings. The lowest BCUT2D eigenvalue weighted by Gasteiger charge is -2.20. The van der Waals surface area contributed by atoms with Crippen LogP contribution in [0.2, 0.25) is 0 Å². The van der Waals surface area contributed by atoms with Crippen LogP contribution in [0.3, 0.4) is 0 Å². The van der Waals surface area contributed by atoms with Gasteiger partial charge < -0.3 is 10.1 Å². The van der Waals surface area contributed by atoms with Crippen molar-refractivity contribution >= 4 is 5.91 Å². The Kier molecular flexibility index (Phi) is 7.04. The van der Waals surface area contributed by atoms with Gasteiger partial charge in [0.05, 0.1) is 12.2 Å². The molecule has 1 aromatic heterocycles. The van der Waals surface area contributed by atoms with Crippen molar-refractivity contribution in [1.82, 2.24) is 15.2 Å². The number of aromatic nitrogens is 1. The van der Waals surface area contributed by atoms with Crippen LogP contribution in [0.5, 0.6) is 11.5 Å². The summed E-state index contributed by atoms with van der Waals surface area (Å²) in [6.45, 7) is 5.70. The summed E-state index contributed by atoms with van der Waals surface area (Å²) in [4.78, 5) is 18.6. The Labute approximate surface area is 194 Å². The highest BCUT2D eigenvalue weighted by Crippen LogP contribution is 2.29. The largest absolute Gasteiger partial charge is 0.457 e. The standard InChI is InChI=1S/C27H30FN3O2/c1-20(2)22-9-11-24(12-10-22)33-25-8-5-6-21(16-25)18-31-15-13-27(28,19-31)26(32)30-17-23-7-3-4-14-29-23/h3-12,14,16,20H,13,15,17-19H2,1-2H3,(H,30,32). The van der Waals surface area contributed by atoms with Crippen LogP contribution in [0, 0.1) is 0 Å². The first kappa shape index (κ1) is 22.9. The number of likely N-dealkylation sites (tertiary alicyclic amines) is 1. The van der Waals surface area contributed by atoms with E-state index in [4.69, 9.17) is 4.74 Å². The molecule has 3 aromatic rings. The van der Waals surface area contributed by atoms with Crippen molar-refractivity contribution in [3.05, 3.63) is 89.7 Å². The van der Waals surface area contributed by atoms with Gasteiger partial charge in [-0.25, -0.2) is 4.39 Å². The summed E-state index contributed by atoms with van der Waals surface area (Å²) in [7, 11) is 0. The molecule has 172 valence electrons. The number of alkyl halides is 1. The molecule has 0 radical (unpaired) electrons. The molecule has 1 saturated heterocycles. The molecule has 5 nitrogen and oxygen atoms in total. The molecular weight excluding hydrogens is 417 g/mol. The van der Waals surface area contributed by atoms with Gasteiger partial charge >= 0.3 is 0 Å². The number of nitrogens with one attached hydrogen (secondary N) is 1. The smallest absolute Gasteiger partial charge is 0.259 e. The molecule has 1 atom stereocenters. The number of rotatable bonds is 8. The molecule has 1 unspecified atom stereocenters. The van der Waals surface area contributed by atoms with Gasteiger partial charge in [-0.15, -0.1) is 0 Å². The van der Waals surface area contributed by atoms with Gasteiger partial charge in [-0.3, -0.25) is 14.7 Å². The number of pyridine rings is 1. The van der Waals surface area contributed by atoms with Crippen molar-refractivity contribution in [2.45, 2.75) is 44.9 Å². The van der Waals surface area contributed by atoms with Crippen LogP contribution < -0.4 is 10.1 Å². The molecular formula is C27H30FN3O2. The van der Waals surface area contributed by atoms with Crippen LogP contribution in [0.15, 0.2) is 72.9 Å². The topological polar surface area (TPSA) is 54.5 Å². The predicted molar refractivity (Wildman–Crippen MR) is 127 cm³/mol. The average Bonchev–Trinajstić information content (AvgIpc) is 3.20. The van der Waals surface area contributed by atoms with Gasteiger partial charge in [-0.05, 0) is 53.4 Å². The summed E-state index contributed by atoms with van der Waals surface area (Å²) in [6, 6.07) is 21.4. The Morgan fingerprint density at radius 3 is 2.67 bits per heavy atom. The molecule has 0 bridgehead atoms. The molecule has 2 aromatic carbocycles. The first-order valence-corrected chi connectivity index (χ1v) is 11.4. The van der Waals surface area contributed by atoms with Crippen LogP contribution in [-0.2, 0) is 17.9 Å². The Hall–Kier alpha value is -3.25. The Morgan fingerprint density at radius 1 is 1.12 bits per heavy atom. The lowest BCUT2D eigenvalue weighted by molar-refractivity contribution is -0.132. The minimum absolute atomic E-state index is 0.0722. The highest BCUT2D eigenvalue weighted by atomic mass is 19.1. The second kappa shape index (κ2) is 10.1. The lowest BCUT2D eigenvalue weighted by atomic mass is 10.0. The van der Waals surface area contributed by atoms with Gasteiger partial charge in [0, 0.05) is 32.3 Å². The SMILES string of the molecule is CC(C)c1ccc(Oc2cccc(CN3CCC(F)(C(=O)NCc4ccccn4)C3)c2)cc1. The van der Waals surface area contributed by atoms with E-state index in [2.05, 4.69) is 36.3 Å². The number of carbonyl (C=O) groups is 1. The first-order valence-electron chi connectivity index (χ1n) is 11.4. The number of ether oxygens (including phenoxy) is 1. The van der Waals surface area contributed by atoms with Crippen molar-refractivity contribution in [2.75, 3.05) is 13.1 Å². The zero-order chi connectivity index (χ0) is 23.3. The van der Waals surface area contributed by atoms with Gasteiger partial charge in [0.1, 0.15) is 11.5 Å². The van der Waals surface area contributed by atoms with Crippen molar-refractivity contribution in [3.8, 4) is 11.5 Å². The van der Waals surface area contributed by atoms with E-state index in [0.29, 0.717) is 24.7 Å². The maximum absolute atomic E-state index is 15.3. The van der Waals surface area contributed by atoms with E-state index < -0.39 is 11.6 Å². The third-order valence-corrected chi connectivity index (χ3v) is 5.95. The lowest BCUT2D eigenvalue weighted by Crippen LogP contribution is -2.45. The minimum Gasteiger partial charge on any atom is -0.457 e. The van der Waals surface area contributed by atoms with E-state index in [0.717, 1.165) is 17.1 Å².